The summed E-state index contributed by atoms with van der Waals surface area (Å²) >= 11 is 0. The Labute approximate surface area is 205 Å². The fourth-order valence-electron chi connectivity index (χ4n) is 4.66. The predicted octanol–water partition coefficient (Wildman–Crippen LogP) is 5.56. The smallest absolute Gasteiger partial charge is 0.300 e. The fourth-order valence-corrected chi connectivity index (χ4v) is 4.66. The van der Waals surface area contributed by atoms with Gasteiger partial charge < -0.3 is 14.6 Å². The third kappa shape index (κ3) is 4.05. The van der Waals surface area contributed by atoms with E-state index in [9.17, 15) is 14.7 Å². The van der Waals surface area contributed by atoms with Crippen molar-refractivity contribution in [1.82, 2.24) is 0 Å². The number of para-hydroxylation sites is 1. The summed E-state index contributed by atoms with van der Waals surface area (Å²) in [7, 11) is 3.12. The van der Waals surface area contributed by atoms with Gasteiger partial charge in [0.1, 0.15) is 17.3 Å². The zero-order chi connectivity index (χ0) is 25.4. The molecule has 6 nitrogen and oxygen atoms in total. The maximum Gasteiger partial charge on any atom is 0.300 e. The molecular formula is C29H29NO5. The molecule has 6 heteroatoms. The van der Waals surface area contributed by atoms with Gasteiger partial charge in [-0.15, -0.1) is 0 Å². The summed E-state index contributed by atoms with van der Waals surface area (Å²) < 4.78 is 11.0. The molecule has 0 spiro atoms. The highest BCUT2D eigenvalue weighted by molar-refractivity contribution is 6.51. The fraction of sp³-hybridized carbons (Fsp3) is 0.241. The van der Waals surface area contributed by atoms with E-state index < -0.39 is 17.7 Å². The van der Waals surface area contributed by atoms with Crippen LogP contribution in [0.4, 0.5) is 5.69 Å². The van der Waals surface area contributed by atoms with Crippen molar-refractivity contribution in [2.24, 2.45) is 0 Å². The van der Waals surface area contributed by atoms with E-state index in [2.05, 4.69) is 0 Å². The van der Waals surface area contributed by atoms with Gasteiger partial charge in [0.05, 0.1) is 25.8 Å². The number of ketones is 1. The van der Waals surface area contributed by atoms with Crippen LogP contribution in [0.1, 0.15) is 39.4 Å². The van der Waals surface area contributed by atoms with Crippen LogP contribution in [0.25, 0.3) is 5.76 Å². The van der Waals surface area contributed by atoms with Gasteiger partial charge in [0, 0.05) is 16.8 Å². The largest absolute Gasteiger partial charge is 0.507 e. The maximum absolute atomic E-state index is 13.5. The first kappa shape index (κ1) is 24.1. The lowest BCUT2D eigenvalue weighted by atomic mass is 9.92. The highest BCUT2D eigenvalue weighted by atomic mass is 16.5. The third-order valence-corrected chi connectivity index (χ3v) is 6.50. The number of carbonyl (C=O) groups is 2. The summed E-state index contributed by atoms with van der Waals surface area (Å²) in [6.45, 7) is 7.52. The van der Waals surface area contributed by atoms with E-state index in [4.69, 9.17) is 9.47 Å². The highest BCUT2D eigenvalue weighted by Gasteiger charge is 2.48. The van der Waals surface area contributed by atoms with Crippen LogP contribution in [0.2, 0.25) is 0 Å². The Morgan fingerprint density at radius 1 is 0.829 bits per heavy atom. The highest BCUT2D eigenvalue weighted by Crippen LogP contribution is 2.46. The molecule has 3 aromatic rings. The minimum absolute atomic E-state index is 0.0214. The number of hydrogen-bond donors (Lipinski definition) is 1. The molecule has 180 valence electrons. The number of amides is 1. The normalized spacial score (nSPS) is 17.1. The van der Waals surface area contributed by atoms with Gasteiger partial charge >= 0.3 is 0 Å². The van der Waals surface area contributed by atoms with Gasteiger partial charge in [-0.05, 0) is 74.2 Å². The zero-order valence-corrected chi connectivity index (χ0v) is 20.8. The van der Waals surface area contributed by atoms with Crippen LogP contribution in [0.5, 0.6) is 11.5 Å². The number of ether oxygens (including phenoxy) is 2. The monoisotopic (exact) mass is 471 g/mol. The quantitative estimate of drug-likeness (QED) is 0.299. The van der Waals surface area contributed by atoms with Gasteiger partial charge in [0.25, 0.3) is 11.7 Å². The molecule has 3 aromatic carbocycles. The van der Waals surface area contributed by atoms with Gasteiger partial charge in [-0.2, -0.15) is 0 Å². The number of Topliss-reactive ketones (excluding diaryl/α,β-unsaturated/α-hetero) is 1. The molecule has 1 aliphatic rings. The molecule has 1 saturated heterocycles. The number of nitrogens with zero attached hydrogens (tertiary/aromatic N) is 1. The van der Waals surface area contributed by atoms with Crippen LogP contribution in [0.3, 0.4) is 0 Å². The number of carbonyl (C=O) groups excluding carboxylic acids is 2. The summed E-state index contributed by atoms with van der Waals surface area (Å²) in [6, 6.07) is 15.7. The van der Waals surface area contributed by atoms with E-state index >= 15 is 0 Å². The number of anilines is 1. The van der Waals surface area contributed by atoms with Crippen molar-refractivity contribution < 1.29 is 24.2 Å². The minimum atomic E-state index is -0.867. The van der Waals surface area contributed by atoms with Gasteiger partial charge in [-0.25, -0.2) is 0 Å². The number of rotatable bonds is 5. The van der Waals surface area contributed by atoms with Crippen molar-refractivity contribution in [3.8, 4) is 11.5 Å². The molecule has 0 aromatic heterocycles. The van der Waals surface area contributed by atoms with Crippen LogP contribution < -0.4 is 14.4 Å². The van der Waals surface area contributed by atoms with E-state index in [0.29, 0.717) is 28.3 Å². The first-order valence-corrected chi connectivity index (χ1v) is 11.4. The molecule has 35 heavy (non-hydrogen) atoms. The summed E-state index contributed by atoms with van der Waals surface area (Å²) in [5, 5.41) is 11.6. The number of aryl methyl sites for hydroxylation is 4. The Morgan fingerprint density at radius 3 is 2.20 bits per heavy atom. The van der Waals surface area contributed by atoms with E-state index in [1.54, 1.807) is 26.4 Å². The Balaban J connectivity index is 2.04. The second-order valence-electron chi connectivity index (χ2n) is 8.84. The van der Waals surface area contributed by atoms with Crippen molar-refractivity contribution in [3.05, 3.63) is 93.6 Å². The minimum Gasteiger partial charge on any atom is -0.507 e. The first-order chi connectivity index (χ1) is 16.7. The van der Waals surface area contributed by atoms with Gasteiger partial charge in [-0.3, -0.25) is 14.5 Å². The lowest BCUT2D eigenvalue weighted by Gasteiger charge is -2.28. The first-order valence-electron chi connectivity index (χ1n) is 11.4. The molecule has 1 fully saturated rings. The Bertz CT molecular complexity index is 1370. The van der Waals surface area contributed by atoms with E-state index in [0.717, 1.165) is 22.3 Å². The topological polar surface area (TPSA) is 76.1 Å². The molecule has 1 atom stereocenters. The Hall–Kier alpha value is -4.06. The van der Waals surface area contributed by atoms with Gasteiger partial charge in [-0.1, -0.05) is 30.3 Å². The van der Waals surface area contributed by atoms with Crippen molar-refractivity contribution in [2.45, 2.75) is 33.7 Å². The SMILES string of the molecule is COc1cc(C)c(/C(O)=C2\C(=O)C(=O)N(c3cc(C)ccc3C)C2c2ccccc2OC)cc1C. The number of hydrogen-bond acceptors (Lipinski definition) is 5. The molecular weight excluding hydrogens is 442 g/mol. The molecule has 0 saturated carbocycles. The number of methoxy groups -OCH3 is 2. The Kier molecular flexibility index (Phi) is 6.39. The summed E-state index contributed by atoms with van der Waals surface area (Å²) in [4.78, 5) is 28.5. The second kappa shape index (κ2) is 9.29. The molecule has 1 amide bonds. The van der Waals surface area contributed by atoms with Crippen LogP contribution in [-0.4, -0.2) is 31.0 Å². The molecule has 4 rings (SSSR count). The second-order valence-corrected chi connectivity index (χ2v) is 8.84. The summed E-state index contributed by atoms with van der Waals surface area (Å²) in [6.07, 6.45) is 0. The molecule has 0 bridgehead atoms. The van der Waals surface area contributed by atoms with Crippen molar-refractivity contribution in [2.75, 3.05) is 19.1 Å². The van der Waals surface area contributed by atoms with E-state index in [1.807, 2.05) is 70.2 Å². The average molecular weight is 472 g/mol. The summed E-state index contributed by atoms with van der Waals surface area (Å²) in [5.74, 6) is -0.471. The average Bonchev–Trinajstić information content (AvgIpc) is 3.11. The lowest BCUT2D eigenvalue weighted by molar-refractivity contribution is -0.132. The number of benzene rings is 3. The lowest BCUT2D eigenvalue weighted by Crippen LogP contribution is -2.30. The van der Waals surface area contributed by atoms with Crippen molar-refractivity contribution in [3.63, 3.8) is 0 Å². The molecule has 0 aliphatic carbocycles. The zero-order valence-electron chi connectivity index (χ0n) is 20.8. The van der Waals surface area contributed by atoms with Gasteiger partial charge in [0.2, 0.25) is 0 Å². The molecule has 1 N–H and O–H groups in total. The van der Waals surface area contributed by atoms with Crippen LogP contribution >= 0.6 is 0 Å². The Morgan fingerprint density at radius 2 is 1.51 bits per heavy atom. The molecule has 0 radical (unpaired) electrons. The number of aliphatic hydroxyl groups excluding tert-OH is 1. The molecule has 1 unspecified atom stereocenters. The third-order valence-electron chi connectivity index (χ3n) is 6.50. The van der Waals surface area contributed by atoms with E-state index in [-0.39, 0.29) is 11.3 Å². The van der Waals surface area contributed by atoms with Crippen LogP contribution in [0, 0.1) is 27.7 Å². The van der Waals surface area contributed by atoms with E-state index in [1.165, 1.54) is 4.90 Å². The standard InChI is InChI=1S/C29H29NO5/c1-16-11-12-17(2)22(13-16)30-26(20-9-7-8-10-23(20)34-5)25(28(32)29(30)33)27(31)21-14-19(4)24(35-6)15-18(21)3/h7-15,26,31H,1-6H3/b27-25+. The van der Waals surface area contributed by atoms with Crippen molar-refractivity contribution >= 4 is 23.1 Å². The van der Waals surface area contributed by atoms with Crippen LogP contribution in [-0.2, 0) is 9.59 Å². The molecule has 1 aliphatic heterocycles. The molecule has 1 heterocycles. The van der Waals surface area contributed by atoms with Crippen LogP contribution in [0.15, 0.2) is 60.2 Å². The van der Waals surface area contributed by atoms with Gasteiger partial charge in [0.15, 0.2) is 0 Å². The maximum atomic E-state index is 13.5. The predicted molar refractivity (Wildman–Crippen MR) is 136 cm³/mol. The summed E-state index contributed by atoms with van der Waals surface area (Å²) in [5.41, 5.74) is 5.04. The van der Waals surface area contributed by atoms with Crippen molar-refractivity contribution in [1.29, 1.82) is 0 Å². The number of aliphatic hydroxyl groups is 1.